The Kier molecular flexibility index (Phi) is 4.75. The third kappa shape index (κ3) is 3.37. The molecule has 7 heteroatoms. The summed E-state index contributed by atoms with van der Waals surface area (Å²) in [7, 11) is 0. The van der Waals surface area contributed by atoms with Gasteiger partial charge in [0.2, 0.25) is 0 Å². The fraction of sp³-hybridized carbons (Fsp3) is 0.643. The Labute approximate surface area is 132 Å². The number of aromatic nitrogens is 4. The lowest BCUT2D eigenvalue weighted by Gasteiger charge is -2.09. The minimum absolute atomic E-state index is 0.0587. The number of aryl methyl sites for hydroxylation is 3. The number of fused-ring (bicyclic) bond motifs is 1. The molecule has 5 nitrogen and oxygen atoms in total. The molecule has 0 atom stereocenters. The van der Waals surface area contributed by atoms with Gasteiger partial charge in [-0.15, -0.1) is 22.9 Å². The first-order valence-electron chi connectivity index (χ1n) is 7.43. The van der Waals surface area contributed by atoms with E-state index in [0.717, 1.165) is 61.6 Å². The van der Waals surface area contributed by atoms with E-state index in [1.165, 1.54) is 0 Å². The molecule has 0 N–H and O–H groups in total. The molecule has 21 heavy (non-hydrogen) atoms. The van der Waals surface area contributed by atoms with Gasteiger partial charge in [-0.05, 0) is 32.1 Å². The maximum Gasteiger partial charge on any atom is 0.345 e. The molecular weight excluding hydrogens is 308 g/mol. The number of unbranched alkanes of at least 4 members (excludes halogenated alkanes) is 1. The molecule has 1 aliphatic rings. The van der Waals surface area contributed by atoms with E-state index in [1.54, 1.807) is 16.0 Å². The minimum Gasteiger partial charge on any atom is -0.279 e. The summed E-state index contributed by atoms with van der Waals surface area (Å²) in [5.41, 5.74) is 1.01. The van der Waals surface area contributed by atoms with E-state index in [2.05, 4.69) is 10.1 Å². The van der Waals surface area contributed by atoms with Crippen molar-refractivity contribution in [3.8, 4) is 0 Å². The highest BCUT2D eigenvalue weighted by molar-refractivity contribution is 7.09. The lowest BCUT2D eigenvalue weighted by Crippen LogP contribution is -2.27. The number of rotatable bonds is 6. The van der Waals surface area contributed by atoms with E-state index in [1.807, 2.05) is 9.95 Å². The Hall–Kier alpha value is -1.14. The minimum atomic E-state index is 0.0587. The third-order valence-corrected chi connectivity index (χ3v) is 5.01. The molecule has 0 unspecified atom stereocenters. The van der Waals surface area contributed by atoms with Gasteiger partial charge < -0.3 is 0 Å². The van der Waals surface area contributed by atoms with E-state index in [9.17, 15) is 4.79 Å². The molecule has 0 aliphatic carbocycles. The van der Waals surface area contributed by atoms with Crippen LogP contribution in [0.25, 0.3) is 0 Å². The zero-order valence-electron chi connectivity index (χ0n) is 11.9. The van der Waals surface area contributed by atoms with Crippen molar-refractivity contribution in [1.29, 1.82) is 0 Å². The van der Waals surface area contributed by atoms with Crippen LogP contribution in [-0.4, -0.2) is 19.3 Å². The van der Waals surface area contributed by atoms with E-state index >= 15 is 0 Å². The van der Waals surface area contributed by atoms with Crippen LogP contribution < -0.4 is 5.69 Å². The van der Waals surface area contributed by atoms with Gasteiger partial charge in [-0.2, -0.15) is 5.10 Å². The second-order valence-electron chi connectivity index (χ2n) is 5.35. The average Bonchev–Trinajstić information content (AvgIpc) is 3.09. The van der Waals surface area contributed by atoms with Gasteiger partial charge in [-0.1, -0.05) is 0 Å². The molecule has 1 aliphatic heterocycles. The van der Waals surface area contributed by atoms with Gasteiger partial charge in [-0.3, -0.25) is 4.57 Å². The van der Waals surface area contributed by atoms with Gasteiger partial charge in [0, 0.05) is 24.9 Å². The van der Waals surface area contributed by atoms with E-state index in [-0.39, 0.29) is 5.69 Å². The second kappa shape index (κ2) is 6.75. The molecule has 0 radical (unpaired) electrons. The molecule has 0 amide bonds. The Morgan fingerprint density at radius 2 is 2.24 bits per heavy atom. The van der Waals surface area contributed by atoms with Crippen molar-refractivity contribution < 1.29 is 0 Å². The van der Waals surface area contributed by atoms with E-state index in [0.29, 0.717) is 12.4 Å². The predicted octanol–water partition coefficient (Wildman–Crippen LogP) is 2.60. The van der Waals surface area contributed by atoms with Crippen LogP contribution >= 0.6 is 22.9 Å². The molecule has 0 aromatic carbocycles. The van der Waals surface area contributed by atoms with Crippen LogP contribution in [0, 0.1) is 0 Å². The maximum atomic E-state index is 12.2. The predicted molar refractivity (Wildman–Crippen MR) is 84.0 cm³/mol. The number of alkyl halides is 1. The first-order valence-corrected chi connectivity index (χ1v) is 8.85. The highest BCUT2D eigenvalue weighted by atomic mass is 35.5. The number of hydrogen-bond acceptors (Lipinski definition) is 4. The monoisotopic (exact) mass is 326 g/mol. The maximum absolute atomic E-state index is 12.2. The Balaban J connectivity index is 1.51. The molecular formula is C14H19ClN4OS. The fourth-order valence-corrected chi connectivity index (χ4v) is 3.73. The molecule has 2 aromatic heterocycles. The van der Waals surface area contributed by atoms with Crippen LogP contribution in [0.5, 0.6) is 0 Å². The molecule has 0 saturated heterocycles. The van der Waals surface area contributed by atoms with Gasteiger partial charge >= 0.3 is 5.69 Å². The molecule has 0 bridgehead atoms. The summed E-state index contributed by atoms with van der Waals surface area (Å²) in [5.74, 6) is 1.43. The summed E-state index contributed by atoms with van der Waals surface area (Å²) in [6.07, 6.45) is 6.08. The van der Waals surface area contributed by atoms with Crippen molar-refractivity contribution in [2.24, 2.45) is 0 Å². The number of hydrogen-bond donors (Lipinski definition) is 0. The first kappa shape index (κ1) is 14.8. The van der Waals surface area contributed by atoms with Crippen LogP contribution in [0.4, 0.5) is 0 Å². The molecule has 0 spiro atoms. The standard InChI is InChI=1S/C14H19ClN4OS/c15-9-11-10-21-13(16-11)6-2-4-8-19-14(20)18-7-3-1-5-12(18)17-19/h10H,1-9H2. The molecule has 3 rings (SSSR count). The number of halogens is 1. The summed E-state index contributed by atoms with van der Waals surface area (Å²) >= 11 is 7.41. The van der Waals surface area contributed by atoms with Crippen molar-refractivity contribution in [2.75, 3.05) is 0 Å². The largest absolute Gasteiger partial charge is 0.345 e. The summed E-state index contributed by atoms with van der Waals surface area (Å²) < 4.78 is 3.46. The fourth-order valence-electron chi connectivity index (χ4n) is 2.66. The Morgan fingerprint density at radius 1 is 1.33 bits per heavy atom. The van der Waals surface area contributed by atoms with E-state index < -0.39 is 0 Å². The topological polar surface area (TPSA) is 52.7 Å². The highest BCUT2D eigenvalue weighted by Gasteiger charge is 2.16. The van der Waals surface area contributed by atoms with E-state index in [4.69, 9.17) is 11.6 Å². The van der Waals surface area contributed by atoms with Crippen molar-refractivity contribution in [2.45, 2.75) is 57.5 Å². The van der Waals surface area contributed by atoms with Crippen LogP contribution in [-0.2, 0) is 31.8 Å². The Morgan fingerprint density at radius 3 is 3.00 bits per heavy atom. The normalized spacial score (nSPS) is 14.3. The lowest BCUT2D eigenvalue weighted by molar-refractivity contribution is 0.507. The smallest absolute Gasteiger partial charge is 0.279 e. The highest BCUT2D eigenvalue weighted by Crippen LogP contribution is 2.14. The van der Waals surface area contributed by atoms with Gasteiger partial charge in [0.05, 0.1) is 16.6 Å². The SMILES string of the molecule is O=c1n(CCCCc2nc(CCl)cs2)nc2n1CCCC2. The molecule has 2 aromatic rings. The zero-order chi connectivity index (χ0) is 14.7. The molecule has 0 saturated carbocycles. The molecule has 3 heterocycles. The summed E-state index contributed by atoms with van der Waals surface area (Å²) in [5, 5.41) is 7.59. The van der Waals surface area contributed by atoms with Gasteiger partial charge in [-0.25, -0.2) is 14.5 Å². The second-order valence-corrected chi connectivity index (χ2v) is 6.56. The molecule has 0 fully saturated rings. The Bertz CT molecular complexity index is 660. The lowest BCUT2D eigenvalue weighted by atomic mass is 10.2. The number of nitrogens with zero attached hydrogens (tertiary/aromatic N) is 4. The van der Waals surface area contributed by atoms with Crippen molar-refractivity contribution in [3.63, 3.8) is 0 Å². The van der Waals surface area contributed by atoms with Crippen LogP contribution in [0.1, 0.15) is 42.2 Å². The first-order chi connectivity index (χ1) is 10.3. The van der Waals surface area contributed by atoms with Gasteiger partial charge in [0.15, 0.2) is 0 Å². The van der Waals surface area contributed by atoms with Gasteiger partial charge in [0.25, 0.3) is 0 Å². The van der Waals surface area contributed by atoms with Crippen LogP contribution in [0.3, 0.4) is 0 Å². The van der Waals surface area contributed by atoms with Crippen LogP contribution in [0.2, 0.25) is 0 Å². The van der Waals surface area contributed by atoms with Gasteiger partial charge in [0.1, 0.15) is 5.82 Å². The van der Waals surface area contributed by atoms with Crippen LogP contribution in [0.15, 0.2) is 10.2 Å². The zero-order valence-corrected chi connectivity index (χ0v) is 13.5. The molecule has 114 valence electrons. The third-order valence-electron chi connectivity index (χ3n) is 3.78. The summed E-state index contributed by atoms with van der Waals surface area (Å²) in [6.45, 7) is 1.53. The van der Waals surface area contributed by atoms with Crippen molar-refractivity contribution >= 4 is 22.9 Å². The summed E-state index contributed by atoms with van der Waals surface area (Å²) in [4.78, 5) is 16.6. The number of thiazole rings is 1. The van der Waals surface area contributed by atoms with Crippen molar-refractivity contribution in [3.05, 3.63) is 32.4 Å². The summed E-state index contributed by atoms with van der Waals surface area (Å²) in [6, 6.07) is 0. The quantitative estimate of drug-likeness (QED) is 0.605. The average molecular weight is 327 g/mol. The van der Waals surface area contributed by atoms with Crippen molar-refractivity contribution in [1.82, 2.24) is 19.3 Å².